The van der Waals surface area contributed by atoms with Crippen LogP contribution in [0.3, 0.4) is 0 Å². The van der Waals surface area contributed by atoms with Crippen molar-refractivity contribution in [2.24, 2.45) is 0 Å². The predicted molar refractivity (Wildman–Crippen MR) is 177 cm³/mol. The Labute approximate surface area is 273 Å². The minimum Gasteiger partial charge on any atom is -0.354 e. The van der Waals surface area contributed by atoms with Crippen molar-refractivity contribution < 1.29 is 18.0 Å². The van der Waals surface area contributed by atoms with E-state index in [-0.39, 0.29) is 29.5 Å². The van der Waals surface area contributed by atoms with E-state index in [0.29, 0.717) is 33.6 Å². The fraction of sp³-hybridized carbons (Fsp3) is 0.212. The highest BCUT2D eigenvalue weighted by Crippen LogP contribution is 2.29. The summed E-state index contributed by atoms with van der Waals surface area (Å²) < 4.78 is 29.0. The average molecular weight is 673 g/mol. The molecule has 0 bridgehead atoms. The van der Waals surface area contributed by atoms with Crippen LogP contribution in [0.2, 0.25) is 15.1 Å². The van der Waals surface area contributed by atoms with Crippen molar-refractivity contribution in [3.05, 3.63) is 129 Å². The molecule has 0 spiro atoms. The fourth-order valence-corrected chi connectivity index (χ4v) is 6.71. The molecular formula is C33H32Cl3N3O4S. The summed E-state index contributed by atoms with van der Waals surface area (Å²) >= 11 is 19.2. The molecule has 0 aliphatic rings. The number of nitrogens with one attached hydrogen (secondary N) is 1. The molecule has 0 saturated heterocycles. The Morgan fingerprint density at radius 1 is 0.795 bits per heavy atom. The lowest BCUT2D eigenvalue weighted by Crippen LogP contribution is -2.53. The summed E-state index contributed by atoms with van der Waals surface area (Å²) in [6, 6.07) is 27.3. The molecule has 4 rings (SSSR count). The summed E-state index contributed by atoms with van der Waals surface area (Å²) in [6.45, 7) is 1.59. The number of halogens is 3. The lowest BCUT2D eigenvalue weighted by Gasteiger charge is -2.34. The molecule has 0 aliphatic carbocycles. The molecule has 7 nitrogen and oxygen atoms in total. The Balaban J connectivity index is 1.82. The lowest BCUT2D eigenvalue weighted by atomic mass is 10.0. The van der Waals surface area contributed by atoms with Gasteiger partial charge in [-0.05, 0) is 60.5 Å². The van der Waals surface area contributed by atoms with Crippen LogP contribution in [-0.4, -0.2) is 44.3 Å². The van der Waals surface area contributed by atoms with Crippen LogP contribution >= 0.6 is 34.8 Å². The fourth-order valence-electron chi connectivity index (χ4n) is 4.63. The highest BCUT2D eigenvalue weighted by Gasteiger charge is 2.35. The topological polar surface area (TPSA) is 86.8 Å². The van der Waals surface area contributed by atoms with Crippen LogP contribution in [0.25, 0.3) is 0 Å². The van der Waals surface area contributed by atoms with Crippen LogP contribution in [0.4, 0.5) is 5.69 Å². The molecule has 2 amide bonds. The first-order chi connectivity index (χ1) is 21.1. The minimum atomic E-state index is -4.21. The maximum atomic E-state index is 14.4. The molecule has 1 atom stereocenters. The van der Waals surface area contributed by atoms with Crippen LogP contribution in [0.15, 0.2) is 108 Å². The van der Waals surface area contributed by atoms with E-state index in [2.05, 4.69) is 5.32 Å². The third-order valence-electron chi connectivity index (χ3n) is 6.94. The largest absolute Gasteiger partial charge is 0.354 e. The summed E-state index contributed by atoms with van der Waals surface area (Å²) in [5.74, 6) is -1.00. The van der Waals surface area contributed by atoms with Gasteiger partial charge in [-0.15, -0.1) is 0 Å². The van der Waals surface area contributed by atoms with Gasteiger partial charge in [0.2, 0.25) is 11.8 Å². The molecule has 0 aliphatic heterocycles. The summed E-state index contributed by atoms with van der Waals surface area (Å²) in [6.07, 6.45) is 0.865. The van der Waals surface area contributed by atoms with Crippen LogP contribution in [0.5, 0.6) is 0 Å². The Hall–Kier alpha value is -3.56. The third-order valence-corrected chi connectivity index (χ3v) is 9.68. The second-order valence-corrected chi connectivity index (χ2v) is 13.1. The van der Waals surface area contributed by atoms with E-state index in [1.54, 1.807) is 48.5 Å². The van der Waals surface area contributed by atoms with Crippen molar-refractivity contribution in [2.75, 3.05) is 17.4 Å². The van der Waals surface area contributed by atoms with Gasteiger partial charge in [-0.1, -0.05) is 96.3 Å². The van der Waals surface area contributed by atoms with Crippen molar-refractivity contribution in [1.82, 2.24) is 10.2 Å². The van der Waals surface area contributed by atoms with Gasteiger partial charge in [0.05, 0.1) is 10.6 Å². The maximum absolute atomic E-state index is 14.4. The van der Waals surface area contributed by atoms with Crippen LogP contribution in [-0.2, 0) is 32.6 Å². The summed E-state index contributed by atoms with van der Waals surface area (Å²) in [5, 5.41) is 3.94. The summed E-state index contributed by atoms with van der Waals surface area (Å²) in [4.78, 5) is 29.5. The number of sulfonamides is 1. The van der Waals surface area contributed by atoms with Gasteiger partial charge < -0.3 is 10.2 Å². The Morgan fingerprint density at radius 2 is 1.39 bits per heavy atom. The molecule has 0 aromatic heterocycles. The molecule has 230 valence electrons. The zero-order chi connectivity index (χ0) is 31.7. The average Bonchev–Trinajstić information content (AvgIpc) is 3.03. The van der Waals surface area contributed by atoms with E-state index < -0.39 is 28.5 Å². The normalized spacial score (nSPS) is 11.9. The highest BCUT2D eigenvalue weighted by molar-refractivity contribution is 7.92. The number of rotatable bonds is 13. The van der Waals surface area contributed by atoms with E-state index in [9.17, 15) is 18.0 Å². The number of carbonyl (C=O) groups is 2. The quantitative estimate of drug-likeness (QED) is 0.166. The van der Waals surface area contributed by atoms with Gasteiger partial charge in [-0.25, -0.2) is 8.42 Å². The van der Waals surface area contributed by atoms with Gasteiger partial charge >= 0.3 is 0 Å². The van der Waals surface area contributed by atoms with E-state index in [4.69, 9.17) is 34.8 Å². The second kappa shape index (κ2) is 15.4. The third kappa shape index (κ3) is 8.33. The first kappa shape index (κ1) is 33.3. The zero-order valence-electron chi connectivity index (χ0n) is 24.0. The second-order valence-electron chi connectivity index (χ2n) is 10.0. The van der Waals surface area contributed by atoms with E-state index >= 15 is 0 Å². The Morgan fingerprint density at radius 3 is 1.98 bits per heavy atom. The zero-order valence-corrected chi connectivity index (χ0v) is 27.1. The standard InChI is InChI=1S/C33H32Cl3N3O4S/c1-2-20-37-33(41)31(21-24-10-5-3-6-11-24)38(22-28-29(35)14-9-15-30(28)36)32(40)23-39(26-18-16-25(34)17-19-26)44(42,43)27-12-7-4-8-13-27/h3-19,31H,2,20-23H2,1H3,(H,37,41)/t31-/m1/s1. The Bertz CT molecular complexity index is 1650. The number of nitrogens with zero attached hydrogens (tertiary/aromatic N) is 2. The molecule has 0 saturated carbocycles. The van der Waals surface area contributed by atoms with Gasteiger partial charge in [-0.2, -0.15) is 0 Å². The van der Waals surface area contributed by atoms with Crippen LogP contribution in [0.1, 0.15) is 24.5 Å². The van der Waals surface area contributed by atoms with Crippen molar-refractivity contribution in [3.63, 3.8) is 0 Å². The number of carbonyl (C=O) groups excluding carboxylic acids is 2. The summed E-state index contributed by atoms with van der Waals surface area (Å²) in [7, 11) is -4.21. The van der Waals surface area contributed by atoms with E-state index in [0.717, 1.165) is 9.87 Å². The molecule has 44 heavy (non-hydrogen) atoms. The number of hydrogen-bond donors (Lipinski definition) is 1. The SMILES string of the molecule is CCCNC(=O)[C@@H](Cc1ccccc1)N(Cc1c(Cl)cccc1Cl)C(=O)CN(c1ccc(Cl)cc1)S(=O)(=O)c1ccccc1. The molecule has 0 radical (unpaired) electrons. The molecular weight excluding hydrogens is 641 g/mol. The van der Waals surface area contributed by atoms with Gasteiger partial charge in [0.15, 0.2) is 0 Å². The first-order valence-electron chi connectivity index (χ1n) is 14.0. The molecule has 4 aromatic carbocycles. The number of amides is 2. The van der Waals surface area contributed by atoms with E-state index in [1.807, 2.05) is 37.3 Å². The molecule has 11 heteroatoms. The van der Waals surface area contributed by atoms with Crippen LogP contribution in [0, 0.1) is 0 Å². The molecule has 4 aromatic rings. The van der Waals surface area contributed by atoms with Gasteiger partial charge in [0.1, 0.15) is 12.6 Å². The summed E-state index contributed by atoms with van der Waals surface area (Å²) in [5.41, 5.74) is 1.49. The van der Waals surface area contributed by atoms with Crippen molar-refractivity contribution in [3.8, 4) is 0 Å². The van der Waals surface area contributed by atoms with Gasteiger partial charge in [0.25, 0.3) is 10.0 Å². The molecule has 0 heterocycles. The molecule has 0 fully saturated rings. The van der Waals surface area contributed by atoms with Crippen molar-refractivity contribution in [2.45, 2.75) is 37.2 Å². The number of benzene rings is 4. The monoisotopic (exact) mass is 671 g/mol. The van der Waals surface area contributed by atoms with Gasteiger partial charge in [-0.3, -0.25) is 13.9 Å². The predicted octanol–water partition coefficient (Wildman–Crippen LogP) is 7.01. The maximum Gasteiger partial charge on any atom is 0.264 e. The van der Waals surface area contributed by atoms with E-state index in [1.165, 1.54) is 29.2 Å². The smallest absolute Gasteiger partial charge is 0.264 e. The lowest BCUT2D eigenvalue weighted by molar-refractivity contribution is -0.140. The molecule has 1 N–H and O–H groups in total. The number of anilines is 1. The van der Waals surface area contributed by atoms with Crippen molar-refractivity contribution >= 4 is 62.3 Å². The van der Waals surface area contributed by atoms with Crippen LogP contribution < -0.4 is 9.62 Å². The van der Waals surface area contributed by atoms with Crippen molar-refractivity contribution in [1.29, 1.82) is 0 Å². The number of hydrogen-bond acceptors (Lipinski definition) is 4. The first-order valence-corrected chi connectivity index (χ1v) is 16.6. The Kier molecular flexibility index (Phi) is 11.7. The van der Waals surface area contributed by atoms with Gasteiger partial charge in [0, 0.05) is 40.1 Å². The minimum absolute atomic E-state index is 0.00460. The highest BCUT2D eigenvalue weighted by atomic mass is 35.5. The molecule has 0 unspecified atom stereocenters.